The number of nitrogens with zero attached hydrogens (tertiary/aromatic N) is 2. The highest BCUT2D eigenvalue weighted by Crippen LogP contribution is 2.23. The van der Waals surface area contributed by atoms with Crippen LogP contribution in [0, 0.1) is 5.82 Å². The van der Waals surface area contributed by atoms with Gasteiger partial charge < -0.3 is 5.32 Å². The zero-order chi connectivity index (χ0) is 15.4. The van der Waals surface area contributed by atoms with Crippen molar-refractivity contribution in [2.24, 2.45) is 7.05 Å². The molecule has 2 aromatic rings. The van der Waals surface area contributed by atoms with Gasteiger partial charge in [-0.05, 0) is 49.2 Å². The highest BCUT2D eigenvalue weighted by Gasteiger charge is 2.18. The molecule has 0 aliphatic carbocycles. The van der Waals surface area contributed by atoms with E-state index >= 15 is 0 Å². The molecule has 1 aromatic heterocycles. The number of likely N-dealkylation sites (N-methyl/N-ethyl adjacent to an activating group) is 1. The zero-order valence-electron chi connectivity index (χ0n) is 12.7. The first-order chi connectivity index (χ1) is 10.0. The monoisotopic (exact) mass is 353 g/mol. The lowest BCUT2D eigenvalue weighted by molar-refractivity contribution is 0.494. The Morgan fingerprint density at radius 1 is 1.33 bits per heavy atom. The summed E-state index contributed by atoms with van der Waals surface area (Å²) in [5.41, 5.74) is 2.85. The van der Waals surface area contributed by atoms with Crippen molar-refractivity contribution < 1.29 is 4.39 Å². The van der Waals surface area contributed by atoms with E-state index in [1.54, 1.807) is 6.07 Å². The van der Waals surface area contributed by atoms with Crippen molar-refractivity contribution in [3.05, 3.63) is 51.5 Å². The van der Waals surface area contributed by atoms with E-state index in [0.29, 0.717) is 12.0 Å². The van der Waals surface area contributed by atoms with E-state index < -0.39 is 0 Å². The zero-order valence-corrected chi connectivity index (χ0v) is 14.2. The minimum absolute atomic E-state index is 0.0524. The van der Waals surface area contributed by atoms with Crippen LogP contribution in [0.2, 0.25) is 0 Å². The van der Waals surface area contributed by atoms with E-state index in [1.807, 2.05) is 17.8 Å². The van der Waals surface area contributed by atoms with E-state index in [0.717, 1.165) is 28.8 Å². The molecule has 114 valence electrons. The molecule has 1 heterocycles. The van der Waals surface area contributed by atoms with Gasteiger partial charge >= 0.3 is 0 Å². The van der Waals surface area contributed by atoms with E-state index in [4.69, 9.17) is 0 Å². The number of hydrogen-bond donors (Lipinski definition) is 1. The van der Waals surface area contributed by atoms with Crippen LogP contribution >= 0.6 is 15.9 Å². The van der Waals surface area contributed by atoms with Crippen LogP contribution in [0.3, 0.4) is 0 Å². The van der Waals surface area contributed by atoms with Crippen molar-refractivity contribution in [1.29, 1.82) is 0 Å². The number of aryl methyl sites for hydroxylation is 2. The average molecular weight is 354 g/mol. The van der Waals surface area contributed by atoms with Gasteiger partial charge in [0.15, 0.2) is 0 Å². The third-order valence-electron chi connectivity index (χ3n) is 3.57. The SMILES string of the molecule is CCNC(Cc1cc(Br)ccc1F)c1cc(CC)nn1C. The second-order valence-electron chi connectivity index (χ2n) is 5.09. The van der Waals surface area contributed by atoms with Crippen LogP contribution in [-0.4, -0.2) is 16.3 Å². The lowest BCUT2D eigenvalue weighted by Crippen LogP contribution is -2.25. The first-order valence-corrected chi connectivity index (χ1v) is 8.04. The summed E-state index contributed by atoms with van der Waals surface area (Å²) in [4.78, 5) is 0. The van der Waals surface area contributed by atoms with Crippen LogP contribution in [0.5, 0.6) is 0 Å². The van der Waals surface area contributed by atoms with Gasteiger partial charge in [-0.15, -0.1) is 0 Å². The highest BCUT2D eigenvalue weighted by molar-refractivity contribution is 9.10. The maximum atomic E-state index is 14.0. The molecule has 0 spiro atoms. The summed E-state index contributed by atoms with van der Waals surface area (Å²) in [6.07, 6.45) is 1.50. The fourth-order valence-electron chi connectivity index (χ4n) is 2.49. The summed E-state index contributed by atoms with van der Waals surface area (Å²) in [7, 11) is 1.94. The van der Waals surface area contributed by atoms with Crippen molar-refractivity contribution in [3.8, 4) is 0 Å². The maximum absolute atomic E-state index is 14.0. The normalized spacial score (nSPS) is 12.6. The summed E-state index contributed by atoms with van der Waals surface area (Å²) >= 11 is 3.41. The molecular formula is C16H21BrFN3. The Hall–Kier alpha value is -1.20. The van der Waals surface area contributed by atoms with Crippen LogP contribution < -0.4 is 5.32 Å². The van der Waals surface area contributed by atoms with Crippen LogP contribution in [0.15, 0.2) is 28.7 Å². The number of benzene rings is 1. The van der Waals surface area contributed by atoms with Gasteiger partial charge in [-0.2, -0.15) is 5.10 Å². The Balaban J connectivity index is 2.30. The standard InChI is InChI=1S/C16H21BrFN3/c1-4-13-10-16(21(3)20-13)15(19-5-2)9-11-8-12(17)6-7-14(11)18/h6-8,10,15,19H,4-5,9H2,1-3H3. The van der Waals surface area contributed by atoms with Gasteiger partial charge in [-0.1, -0.05) is 29.8 Å². The number of halogens is 2. The second kappa shape index (κ2) is 7.18. The topological polar surface area (TPSA) is 29.9 Å². The molecule has 1 N–H and O–H groups in total. The van der Waals surface area contributed by atoms with E-state index in [-0.39, 0.29) is 11.9 Å². The Morgan fingerprint density at radius 3 is 2.71 bits per heavy atom. The van der Waals surface area contributed by atoms with Gasteiger partial charge in [0.1, 0.15) is 5.82 Å². The molecule has 5 heteroatoms. The molecule has 0 aliphatic heterocycles. The van der Waals surface area contributed by atoms with E-state index in [9.17, 15) is 4.39 Å². The molecule has 0 aliphatic rings. The van der Waals surface area contributed by atoms with Crippen molar-refractivity contribution in [3.63, 3.8) is 0 Å². The van der Waals surface area contributed by atoms with Gasteiger partial charge in [0.05, 0.1) is 17.4 Å². The minimum Gasteiger partial charge on any atom is -0.309 e. The fourth-order valence-corrected chi connectivity index (χ4v) is 2.90. The lowest BCUT2D eigenvalue weighted by atomic mass is 10.0. The second-order valence-corrected chi connectivity index (χ2v) is 6.00. The molecule has 0 amide bonds. The predicted molar refractivity (Wildman–Crippen MR) is 86.8 cm³/mol. The number of aromatic nitrogens is 2. The molecule has 3 nitrogen and oxygen atoms in total. The molecular weight excluding hydrogens is 333 g/mol. The molecule has 21 heavy (non-hydrogen) atoms. The van der Waals surface area contributed by atoms with Gasteiger partial charge in [0, 0.05) is 11.5 Å². The van der Waals surface area contributed by atoms with E-state index in [1.165, 1.54) is 6.07 Å². The van der Waals surface area contributed by atoms with Gasteiger partial charge in [-0.3, -0.25) is 4.68 Å². The molecule has 0 radical (unpaired) electrons. The third-order valence-corrected chi connectivity index (χ3v) is 4.06. The third kappa shape index (κ3) is 3.92. The summed E-state index contributed by atoms with van der Waals surface area (Å²) in [5, 5.41) is 7.92. The largest absolute Gasteiger partial charge is 0.309 e. The summed E-state index contributed by atoms with van der Waals surface area (Å²) in [6, 6.07) is 7.22. The Morgan fingerprint density at radius 2 is 2.10 bits per heavy atom. The molecule has 0 saturated heterocycles. The molecule has 1 unspecified atom stereocenters. The van der Waals surface area contributed by atoms with E-state index in [2.05, 4.69) is 46.3 Å². The first-order valence-electron chi connectivity index (χ1n) is 7.25. The quantitative estimate of drug-likeness (QED) is 0.856. The smallest absolute Gasteiger partial charge is 0.126 e. The number of nitrogens with one attached hydrogen (secondary N) is 1. The summed E-state index contributed by atoms with van der Waals surface area (Å²) in [6.45, 7) is 4.97. The van der Waals surface area contributed by atoms with Crippen LogP contribution in [0.25, 0.3) is 0 Å². The van der Waals surface area contributed by atoms with Gasteiger partial charge in [0.25, 0.3) is 0 Å². The van der Waals surface area contributed by atoms with Gasteiger partial charge in [-0.25, -0.2) is 4.39 Å². The van der Waals surface area contributed by atoms with Crippen LogP contribution in [0.4, 0.5) is 4.39 Å². The Labute approximate surface area is 133 Å². The molecule has 0 bridgehead atoms. The highest BCUT2D eigenvalue weighted by atomic mass is 79.9. The van der Waals surface area contributed by atoms with Gasteiger partial charge in [0.2, 0.25) is 0 Å². The number of hydrogen-bond acceptors (Lipinski definition) is 2. The molecule has 2 rings (SSSR count). The van der Waals surface area contributed by atoms with Crippen molar-refractivity contribution >= 4 is 15.9 Å². The lowest BCUT2D eigenvalue weighted by Gasteiger charge is -2.18. The Kier molecular flexibility index (Phi) is 5.53. The maximum Gasteiger partial charge on any atom is 0.126 e. The van der Waals surface area contributed by atoms with Crippen molar-refractivity contribution in [2.75, 3.05) is 6.54 Å². The minimum atomic E-state index is -0.168. The van der Waals surface area contributed by atoms with Crippen molar-refractivity contribution in [1.82, 2.24) is 15.1 Å². The predicted octanol–water partition coefficient (Wildman–Crippen LogP) is 3.78. The fraction of sp³-hybridized carbons (Fsp3) is 0.438. The summed E-state index contributed by atoms with van der Waals surface area (Å²) in [5.74, 6) is -0.168. The Bertz CT molecular complexity index is 610. The average Bonchev–Trinajstić information content (AvgIpc) is 2.83. The molecule has 1 aromatic carbocycles. The first kappa shape index (κ1) is 16.2. The molecule has 1 atom stereocenters. The van der Waals surface area contributed by atoms with Crippen molar-refractivity contribution in [2.45, 2.75) is 32.7 Å². The van der Waals surface area contributed by atoms with Crippen LogP contribution in [-0.2, 0) is 19.9 Å². The summed E-state index contributed by atoms with van der Waals surface area (Å²) < 4.78 is 16.8. The number of rotatable bonds is 6. The molecule has 0 saturated carbocycles. The molecule has 0 fully saturated rings. The van der Waals surface area contributed by atoms with Crippen LogP contribution in [0.1, 0.15) is 36.8 Å².